The number of aromatic hydroxyl groups is 1. The number of carbonyl (C=O) groups is 1. The van der Waals surface area contributed by atoms with Crippen LogP contribution in [0.2, 0.25) is 0 Å². The highest BCUT2D eigenvalue weighted by atomic mass is 16.3. The van der Waals surface area contributed by atoms with Gasteiger partial charge in [-0.2, -0.15) is 0 Å². The number of anilines is 2. The highest BCUT2D eigenvalue weighted by molar-refractivity contribution is 6.04. The van der Waals surface area contributed by atoms with E-state index in [0.717, 1.165) is 0 Å². The lowest BCUT2D eigenvalue weighted by atomic mass is 10.2. The Kier molecular flexibility index (Phi) is 2.87. The summed E-state index contributed by atoms with van der Waals surface area (Å²) in [6.07, 6.45) is 4.06. The predicted octanol–water partition coefficient (Wildman–Crippen LogP) is 1.02. The SMILES string of the molecule is Nc1ccc(NC(=O)c2cncc(O)c2)cn1. The first-order chi connectivity index (χ1) is 8.15. The lowest BCUT2D eigenvalue weighted by molar-refractivity contribution is 0.102. The Bertz CT molecular complexity index is 539. The zero-order chi connectivity index (χ0) is 12.3. The zero-order valence-corrected chi connectivity index (χ0v) is 8.79. The van der Waals surface area contributed by atoms with Crippen LogP contribution in [0.5, 0.6) is 5.75 Å². The number of nitrogen functional groups attached to an aromatic ring is 1. The second kappa shape index (κ2) is 4.48. The molecular weight excluding hydrogens is 220 g/mol. The van der Waals surface area contributed by atoms with Gasteiger partial charge in [0.1, 0.15) is 11.6 Å². The third kappa shape index (κ3) is 2.69. The van der Waals surface area contributed by atoms with Gasteiger partial charge in [0.2, 0.25) is 0 Å². The summed E-state index contributed by atoms with van der Waals surface area (Å²) in [4.78, 5) is 19.3. The van der Waals surface area contributed by atoms with Gasteiger partial charge in [-0.25, -0.2) is 4.98 Å². The number of amides is 1. The van der Waals surface area contributed by atoms with E-state index < -0.39 is 0 Å². The molecule has 0 radical (unpaired) electrons. The molecule has 0 saturated heterocycles. The molecule has 86 valence electrons. The van der Waals surface area contributed by atoms with Gasteiger partial charge in [0.15, 0.2) is 0 Å². The van der Waals surface area contributed by atoms with Crippen LogP contribution in [0.4, 0.5) is 11.5 Å². The van der Waals surface area contributed by atoms with Crippen LogP contribution in [0.3, 0.4) is 0 Å². The first-order valence-electron chi connectivity index (χ1n) is 4.82. The van der Waals surface area contributed by atoms with Gasteiger partial charge in [0.05, 0.1) is 23.6 Å². The van der Waals surface area contributed by atoms with Crippen LogP contribution in [0.1, 0.15) is 10.4 Å². The zero-order valence-electron chi connectivity index (χ0n) is 8.79. The molecule has 0 unspecified atom stereocenters. The fraction of sp³-hybridized carbons (Fsp3) is 0. The van der Waals surface area contributed by atoms with Gasteiger partial charge in [-0.05, 0) is 18.2 Å². The maximum Gasteiger partial charge on any atom is 0.257 e. The van der Waals surface area contributed by atoms with Crippen molar-refractivity contribution in [2.45, 2.75) is 0 Å². The molecule has 17 heavy (non-hydrogen) atoms. The molecule has 6 heteroatoms. The van der Waals surface area contributed by atoms with Gasteiger partial charge in [0.25, 0.3) is 5.91 Å². The Morgan fingerprint density at radius 1 is 1.29 bits per heavy atom. The average molecular weight is 230 g/mol. The standard InChI is InChI=1S/C11H10N4O2/c12-10-2-1-8(5-14-10)15-11(17)7-3-9(16)6-13-4-7/h1-6,16H,(H2,12,14)(H,15,17). The van der Waals surface area contributed by atoms with Crippen LogP contribution < -0.4 is 11.1 Å². The first kappa shape index (κ1) is 10.9. The van der Waals surface area contributed by atoms with E-state index >= 15 is 0 Å². The largest absolute Gasteiger partial charge is 0.506 e. The Labute approximate surface area is 97.1 Å². The molecule has 0 aromatic carbocycles. The van der Waals surface area contributed by atoms with E-state index in [0.29, 0.717) is 11.5 Å². The molecule has 0 spiro atoms. The van der Waals surface area contributed by atoms with E-state index in [9.17, 15) is 9.90 Å². The minimum absolute atomic E-state index is 0.0620. The summed E-state index contributed by atoms with van der Waals surface area (Å²) in [6, 6.07) is 4.54. The summed E-state index contributed by atoms with van der Waals surface area (Å²) in [5.74, 6) is -0.0601. The summed E-state index contributed by atoms with van der Waals surface area (Å²) >= 11 is 0. The van der Waals surface area contributed by atoms with Crippen LogP contribution in [0.25, 0.3) is 0 Å². The summed E-state index contributed by atoms with van der Waals surface area (Å²) in [5.41, 5.74) is 6.21. The smallest absolute Gasteiger partial charge is 0.257 e. The summed E-state index contributed by atoms with van der Waals surface area (Å²) in [7, 11) is 0. The van der Waals surface area contributed by atoms with Gasteiger partial charge in [-0.3, -0.25) is 9.78 Å². The average Bonchev–Trinajstić information content (AvgIpc) is 2.32. The molecule has 0 bridgehead atoms. The van der Waals surface area contributed by atoms with Crippen molar-refractivity contribution in [1.29, 1.82) is 0 Å². The Balaban J connectivity index is 2.14. The molecule has 2 aromatic heterocycles. The summed E-state index contributed by atoms with van der Waals surface area (Å²) in [5, 5.41) is 11.8. The fourth-order valence-electron chi connectivity index (χ4n) is 1.23. The molecule has 4 N–H and O–H groups in total. The normalized spacial score (nSPS) is 9.88. The van der Waals surface area contributed by atoms with Crippen LogP contribution in [0, 0.1) is 0 Å². The summed E-state index contributed by atoms with van der Waals surface area (Å²) < 4.78 is 0. The van der Waals surface area contributed by atoms with Crippen molar-refractivity contribution in [3.05, 3.63) is 42.4 Å². The number of hydrogen-bond acceptors (Lipinski definition) is 5. The van der Waals surface area contributed by atoms with Gasteiger partial charge >= 0.3 is 0 Å². The second-order valence-corrected chi connectivity index (χ2v) is 3.36. The highest BCUT2D eigenvalue weighted by Crippen LogP contribution is 2.12. The maximum atomic E-state index is 11.7. The molecule has 0 atom stereocenters. The van der Waals surface area contributed by atoms with Crippen molar-refractivity contribution in [1.82, 2.24) is 9.97 Å². The van der Waals surface area contributed by atoms with Crippen molar-refractivity contribution in [3.8, 4) is 5.75 Å². The highest BCUT2D eigenvalue weighted by Gasteiger charge is 2.07. The van der Waals surface area contributed by atoms with E-state index in [1.807, 2.05) is 0 Å². The van der Waals surface area contributed by atoms with E-state index in [4.69, 9.17) is 5.73 Å². The number of nitrogens with one attached hydrogen (secondary N) is 1. The van der Waals surface area contributed by atoms with E-state index in [1.165, 1.54) is 24.7 Å². The molecule has 0 aliphatic rings. The third-order valence-corrected chi connectivity index (χ3v) is 2.03. The molecule has 1 amide bonds. The number of rotatable bonds is 2. The Morgan fingerprint density at radius 2 is 2.12 bits per heavy atom. The number of pyridine rings is 2. The minimum Gasteiger partial charge on any atom is -0.506 e. The third-order valence-electron chi connectivity index (χ3n) is 2.03. The fourth-order valence-corrected chi connectivity index (χ4v) is 1.23. The van der Waals surface area contributed by atoms with E-state index in [-0.39, 0.29) is 17.2 Å². The summed E-state index contributed by atoms with van der Waals surface area (Å²) in [6.45, 7) is 0. The molecule has 0 fully saturated rings. The van der Waals surface area contributed by atoms with Crippen LogP contribution >= 0.6 is 0 Å². The monoisotopic (exact) mass is 230 g/mol. The molecule has 0 aliphatic carbocycles. The van der Waals surface area contributed by atoms with E-state index in [2.05, 4.69) is 15.3 Å². The van der Waals surface area contributed by atoms with Gasteiger partial charge in [-0.15, -0.1) is 0 Å². The molecular formula is C11H10N4O2. The molecule has 2 heterocycles. The minimum atomic E-state index is -0.375. The van der Waals surface area contributed by atoms with Crippen molar-refractivity contribution in [2.75, 3.05) is 11.1 Å². The molecule has 6 nitrogen and oxygen atoms in total. The molecule has 2 aromatic rings. The lowest BCUT2D eigenvalue weighted by Gasteiger charge is -2.04. The Hall–Kier alpha value is -2.63. The van der Waals surface area contributed by atoms with Crippen LogP contribution in [-0.4, -0.2) is 21.0 Å². The van der Waals surface area contributed by atoms with Gasteiger partial charge in [-0.1, -0.05) is 0 Å². The lowest BCUT2D eigenvalue weighted by Crippen LogP contribution is -2.12. The van der Waals surface area contributed by atoms with Crippen molar-refractivity contribution >= 4 is 17.4 Å². The molecule has 2 rings (SSSR count). The first-order valence-corrected chi connectivity index (χ1v) is 4.82. The van der Waals surface area contributed by atoms with Gasteiger partial charge < -0.3 is 16.2 Å². The van der Waals surface area contributed by atoms with Crippen molar-refractivity contribution < 1.29 is 9.90 Å². The predicted molar refractivity (Wildman–Crippen MR) is 62.5 cm³/mol. The molecule has 0 aliphatic heterocycles. The number of carbonyl (C=O) groups excluding carboxylic acids is 1. The van der Waals surface area contributed by atoms with Crippen LogP contribution in [0.15, 0.2) is 36.8 Å². The number of aromatic nitrogens is 2. The number of nitrogens with two attached hydrogens (primary N) is 1. The van der Waals surface area contributed by atoms with Crippen LogP contribution in [-0.2, 0) is 0 Å². The van der Waals surface area contributed by atoms with Gasteiger partial charge in [0, 0.05) is 6.20 Å². The maximum absolute atomic E-state index is 11.7. The quantitative estimate of drug-likeness (QED) is 0.714. The molecule has 0 saturated carbocycles. The van der Waals surface area contributed by atoms with Crippen molar-refractivity contribution in [3.63, 3.8) is 0 Å². The number of nitrogens with zero attached hydrogens (tertiary/aromatic N) is 2. The topological polar surface area (TPSA) is 101 Å². The van der Waals surface area contributed by atoms with E-state index in [1.54, 1.807) is 12.1 Å². The number of hydrogen-bond donors (Lipinski definition) is 3. The second-order valence-electron chi connectivity index (χ2n) is 3.36. The van der Waals surface area contributed by atoms with Crippen molar-refractivity contribution in [2.24, 2.45) is 0 Å². The Morgan fingerprint density at radius 3 is 2.76 bits per heavy atom.